The third kappa shape index (κ3) is 10.9. The minimum atomic E-state index is -0.211. The van der Waals surface area contributed by atoms with E-state index < -0.39 is 0 Å². The Morgan fingerprint density at radius 3 is 2.17 bits per heavy atom. The summed E-state index contributed by atoms with van der Waals surface area (Å²) in [6.07, 6.45) is 4.62. The van der Waals surface area contributed by atoms with Crippen LogP contribution in [-0.4, -0.2) is 16.0 Å². The van der Waals surface area contributed by atoms with Crippen LogP contribution in [-0.2, 0) is 0 Å². The van der Waals surface area contributed by atoms with Crippen molar-refractivity contribution < 1.29 is 5.11 Å². The Bertz CT molecular complexity index is 81.5. The second-order valence-corrected chi connectivity index (χ2v) is 3.93. The van der Waals surface area contributed by atoms with Gasteiger partial charge >= 0.3 is 0 Å². The van der Waals surface area contributed by atoms with Crippen LogP contribution < -0.4 is 6.15 Å². The van der Waals surface area contributed by atoms with Crippen molar-refractivity contribution in [3.63, 3.8) is 0 Å². The number of aliphatic hydroxyl groups excluding tert-OH is 1. The summed E-state index contributed by atoms with van der Waals surface area (Å²) in [6, 6.07) is 0. The molecule has 78 valence electrons. The molecule has 12 heavy (non-hydrogen) atoms. The first-order valence-electron chi connectivity index (χ1n) is 4.00. The topological polar surface area (TPSA) is 55.2 Å². The minimum Gasteiger partial charge on any atom is -0.392 e. The van der Waals surface area contributed by atoms with Gasteiger partial charge in [-0.15, -0.1) is 17.0 Å². The van der Waals surface area contributed by atoms with Gasteiger partial charge in [-0.1, -0.05) is 42.1 Å². The molecule has 2 atom stereocenters. The maximum absolute atomic E-state index is 9.07. The molecule has 4 heteroatoms. The highest BCUT2D eigenvalue weighted by Gasteiger charge is 2.08. The first-order chi connectivity index (χ1) is 4.68. The Kier molecular flexibility index (Phi) is 18.4. The van der Waals surface area contributed by atoms with Crippen LogP contribution in [0.2, 0.25) is 0 Å². The van der Waals surface area contributed by atoms with Crippen LogP contribution in [0.3, 0.4) is 0 Å². The molecular weight excluding hydrogens is 286 g/mol. The molecule has 0 saturated carbocycles. The molecule has 2 unspecified atom stereocenters. The zero-order chi connectivity index (χ0) is 7.98. The summed E-state index contributed by atoms with van der Waals surface area (Å²) in [5.74, 6) is 0. The molecule has 0 fully saturated rings. The fraction of sp³-hybridized carbons (Fsp3) is 1.00. The average molecular weight is 307 g/mol. The van der Waals surface area contributed by atoms with E-state index in [1.54, 1.807) is 0 Å². The van der Waals surface area contributed by atoms with Gasteiger partial charge in [-0.25, -0.2) is 0 Å². The van der Waals surface area contributed by atoms with Crippen LogP contribution in [0.25, 0.3) is 0 Å². The van der Waals surface area contributed by atoms with Crippen LogP contribution in [0.15, 0.2) is 0 Å². The van der Waals surface area contributed by atoms with Gasteiger partial charge in [-0.05, 0) is 13.3 Å². The third-order valence-corrected chi connectivity index (χ3v) is 2.83. The summed E-state index contributed by atoms with van der Waals surface area (Å²) in [7, 11) is 0. The molecule has 0 saturated heterocycles. The number of hydrogen-bond acceptors (Lipinski definition) is 2. The van der Waals surface area contributed by atoms with Crippen molar-refractivity contribution in [1.29, 1.82) is 0 Å². The molecule has 0 aromatic rings. The molecule has 0 aliphatic rings. The number of hydrogen-bond donors (Lipinski definition) is 2. The summed E-state index contributed by atoms with van der Waals surface area (Å²) in [6.45, 7) is 4.01. The van der Waals surface area contributed by atoms with Gasteiger partial charge in [0.1, 0.15) is 0 Å². The van der Waals surface area contributed by atoms with E-state index in [9.17, 15) is 0 Å². The number of aliphatic hydroxyl groups is 1. The van der Waals surface area contributed by atoms with Gasteiger partial charge < -0.3 is 11.3 Å². The first-order valence-corrected chi connectivity index (χ1v) is 4.92. The molecule has 0 amide bonds. The van der Waals surface area contributed by atoms with Gasteiger partial charge in [0.15, 0.2) is 0 Å². The quantitative estimate of drug-likeness (QED) is 0.604. The van der Waals surface area contributed by atoms with Crippen LogP contribution in [0.1, 0.15) is 39.5 Å². The maximum Gasteiger partial charge on any atom is 0.0637 e. The molecule has 4 N–H and O–H groups in total. The molecule has 0 bridgehead atoms. The van der Waals surface area contributed by atoms with Crippen molar-refractivity contribution in [1.82, 2.24) is 6.15 Å². The van der Waals surface area contributed by atoms with E-state index in [2.05, 4.69) is 22.9 Å². The number of alkyl halides is 1. The summed E-state index contributed by atoms with van der Waals surface area (Å²) in [5, 5.41) is 9.07. The largest absolute Gasteiger partial charge is 0.392 e. The van der Waals surface area contributed by atoms with Crippen LogP contribution in [0.4, 0.5) is 0 Å². The van der Waals surface area contributed by atoms with Gasteiger partial charge in [0.2, 0.25) is 0 Å². The predicted octanol–water partition coefficient (Wildman–Crippen LogP) is 3.45. The van der Waals surface area contributed by atoms with E-state index in [1.165, 1.54) is 19.3 Å². The van der Waals surface area contributed by atoms with Crippen molar-refractivity contribution in [2.75, 3.05) is 0 Å². The van der Waals surface area contributed by atoms with Crippen molar-refractivity contribution in [3.8, 4) is 0 Å². The molecule has 0 heterocycles. The lowest BCUT2D eigenvalue weighted by Gasteiger charge is -2.11. The van der Waals surface area contributed by atoms with Crippen molar-refractivity contribution in [2.45, 2.75) is 50.5 Å². The van der Waals surface area contributed by atoms with E-state index in [4.69, 9.17) is 5.11 Å². The van der Waals surface area contributed by atoms with Crippen molar-refractivity contribution in [2.24, 2.45) is 0 Å². The summed E-state index contributed by atoms with van der Waals surface area (Å²) >= 11 is 3.42. The summed E-state index contributed by atoms with van der Waals surface area (Å²) in [4.78, 5) is 0.291. The normalized spacial score (nSPS) is 14.0. The minimum absolute atomic E-state index is 0. The van der Waals surface area contributed by atoms with Gasteiger partial charge in [0.05, 0.1) is 6.10 Å². The van der Waals surface area contributed by atoms with Gasteiger partial charge in [0.25, 0.3) is 0 Å². The van der Waals surface area contributed by atoms with E-state index in [1.807, 2.05) is 6.92 Å². The molecule has 0 radical (unpaired) electrons. The Morgan fingerprint density at radius 1 is 1.33 bits per heavy atom. The summed E-state index contributed by atoms with van der Waals surface area (Å²) < 4.78 is 0. The highest BCUT2D eigenvalue weighted by atomic mass is 79.9. The molecule has 2 nitrogen and oxygen atoms in total. The highest BCUT2D eigenvalue weighted by Crippen LogP contribution is 2.14. The number of rotatable bonds is 5. The lowest BCUT2D eigenvalue weighted by molar-refractivity contribution is 0.189. The Balaban J connectivity index is -0.000000405. The fourth-order valence-electron chi connectivity index (χ4n) is 0.831. The first kappa shape index (κ1) is 18.6. The lowest BCUT2D eigenvalue weighted by atomic mass is 10.1. The second-order valence-electron chi connectivity index (χ2n) is 2.75. The SMILES string of the molecule is Br.CCCCCC(Br)C(C)O.N. The Labute approximate surface area is 94.6 Å². The fourth-order valence-corrected chi connectivity index (χ4v) is 1.15. The lowest BCUT2D eigenvalue weighted by Crippen LogP contribution is -2.15. The monoisotopic (exact) mass is 305 g/mol. The Hall–Kier alpha value is 0.880. The summed E-state index contributed by atoms with van der Waals surface area (Å²) in [5.41, 5.74) is 0. The van der Waals surface area contributed by atoms with E-state index in [-0.39, 0.29) is 29.2 Å². The second kappa shape index (κ2) is 11.9. The molecular formula is C8H21Br2NO. The standard InChI is InChI=1S/C8H17BrO.BrH.H3N/c1-3-4-5-6-8(9)7(2)10;;/h7-8,10H,3-6H2,1-2H3;1H;1H3. The smallest absolute Gasteiger partial charge is 0.0637 e. The third-order valence-electron chi connectivity index (χ3n) is 1.61. The van der Waals surface area contributed by atoms with Crippen LogP contribution in [0, 0.1) is 0 Å². The molecule has 0 rings (SSSR count). The zero-order valence-corrected chi connectivity index (χ0v) is 11.2. The maximum atomic E-state index is 9.07. The van der Waals surface area contributed by atoms with E-state index in [0.717, 1.165) is 6.42 Å². The van der Waals surface area contributed by atoms with Crippen LogP contribution in [0.5, 0.6) is 0 Å². The number of unbranched alkanes of at least 4 members (excludes halogenated alkanes) is 2. The number of halogens is 2. The van der Waals surface area contributed by atoms with E-state index >= 15 is 0 Å². The average Bonchev–Trinajstić information content (AvgIpc) is 1.88. The van der Waals surface area contributed by atoms with E-state index in [0.29, 0.717) is 4.83 Å². The molecule has 0 aliphatic heterocycles. The van der Waals surface area contributed by atoms with Crippen molar-refractivity contribution >= 4 is 32.9 Å². The zero-order valence-electron chi connectivity index (χ0n) is 7.92. The van der Waals surface area contributed by atoms with Gasteiger partial charge in [0, 0.05) is 4.83 Å². The van der Waals surface area contributed by atoms with Gasteiger partial charge in [-0.2, -0.15) is 0 Å². The molecule has 0 aliphatic carbocycles. The predicted molar refractivity (Wildman–Crippen MR) is 63.9 cm³/mol. The van der Waals surface area contributed by atoms with Crippen LogP contribution >= 0.6 is 32.9 Å². The molecule has 0 aromatic carbocycles. The molecule has 0 spiro atoms. The highest BCUT2D eigenvalue weighted by molar-refractivity contribution is 9.09. The van der Waals surface area contributed by atoms with Gasteiger partial charge in [-0.3, -0.25) is 0 Å². The van der Waals surface area contributed by atoms with Crippen molar-refractivity contribution in [3.05, 3.63) is 0 Å². The Morgan fingerprint density at radius 2 is 1.83 bits per heavy atom. The molecule has 0 aromatic heterocycles.